The molecule has 0 radical (unpaired) electrons. The molecule has 1 rings (SSSR count). The van der Waals surface area contributed by atoms with Crippen LogP contribution in [0.1, 0.15) is 37.9 Å². The number of methoxy groups -OCH3 is 1. The lowest BCUT2D eigenvalue weighted by molar-refractivity contribution is 0.366. The number of aryl methyl sites for hydroxylation is 2. The van der Waals surface area contributed by atoms with Gasteiger partial charge in [0.25, 0.3) is 0 Å². The minimum Gasteiger partial charge on any atom is -0.481 e. The fraction of sp³-hybridized carbons (Fsp3) is 0.750. The molecule has 0 aliphatic heterocycles. The average molecular weight is 225 g/mol. The van der Waals surface area contributed by atoms with Crippen molar-refractivity contribution in [2.24, 2.45) is 7.05 Å². The van der Waals surface area contributed by atoms with Crippen molar-refractivity contribution in [3.63, 3.8) is 0 Å². The van der Waals surface area contributed by atoms with E-state index in [0.29, 0.717) is 6.04 Å². The number of nitrogens with zero attached hydrogens (tertiary/aromatic N) is 2. The van der Waals surface area contributed by atoms with Crippen LogP contribution in [0.25, 0.3) is 0 Å². The molecule has 4 nitrogen and oxygen atoms in total. The Labute approximate surface area is 98.0 Å². The molecule has 0 aliphatic carbocycles. The highest BCUT2D eigenvalue weighted by Gasteiger charge is 2.13. The van der Waals surface area contributed by atoms with Crippen molar-refractivity contribution < 1.29 is 4.74 Å². The summed E-state index contributed by atoms with van der Waals surface area (Å²) in [4.78, 5) is 0. The van der Waals surface area contributed by atoms with Gasteiger partial charge in [0.05, 0.1) is 18.4 Å². The van der Waals surface area contributed by atoms with E-state index < -0.39 is 0 Å². The molecule has 4 heteroatoms. The first-order valence-electron chi connectivity index (χ1n) is 5.90. The van der Waals surface area contributed by atoms with Gasteiger partial charge in [-0.15, -0.1) is 0 Å². The van der Waals surface area contributed by atoms with Crippen LogP contribution in [0, 0.1) is 6.92 Å². The molecule has 0 spiro atoms. The number of hydrogen-bond donors (Lipinski definition) is 1. The van der Waals surface area contributed by atoms with Crippen molar-refractivity contribution in [2.75, 3.05) is 7.11 Å². The summed E-state index contributed by atoms with van der Waals surface area (Å²) in [6, 6.07) is 0.536. The van der Waals surface area contributed by atoms with Gasteiger partial charge in [0, 0.05) is 19.6 Å². The molecule has 1 N–H and O–H groups in total. The molecular formula is C12H23N3O. The van der Waals surface area contributed by atoms with Crippen molar-refractivity contribution >= 4 is 0 Å². The van der Waals surface area contributed by atoms with E-state index in [0.717, 1.165) is 23.7 Å². The Morgan fingerprint density at radius 2 is 2.19 bits per heavy atom. The van der Waals surface area contributed by atoms with E-state index in [4.69, 9.17) is 4.74 Å². The standard InChI is InChI=1S/C12H23N3O/c1-6-7-9(2)13-8-11-10(3)14-15(4)12(11)16-5/h9,13H,6-8H2,1-5H3. The van der Waals surface area contributed by atoms with Crippen molar-refractivity contribution in [3.05, 3.63) is 11.3 Å². The van der Waals surface area contributed by atoms with Gasteiger partial charge in [-0.05, 0) is 20.3 Å². The van der Waals surface area contributed by atoms with Gasteiger partial charge >= 0.3 is 0 Å². The highest BCUT2D eigenvalue weighted by atomic mass is 16.5. The van der Waals surface area contributed by atoms with Crippen molar-refractivity contribution in [2.45, 2.75) is 46.2 Å². The summed E-state index contributed by atoms with van der Waals surface area (Å²) in [7, 11) is 3.60. The summed E-state index contributed by atoms with van der Waals surface area (Å²) in [5.74, 6) is 0.855. The predicted octanol–water partition coefficient (Wildman–Crippen LogP) is 2.02. The zero-order chi connectivity index (χ0) is 12.1. The number of aromatic nitrogens is 2. The Morgan fingerprint density at radius 3 is 2.75 bits per heavy atom. The molecule has 0 amide bonds. The van der Waals surface area contributed by atoms with Gasteiger partial charge in [-0.2, -0.15) is 5.10 Å². The molecule has 1 aromatic rings. The Kier molecular flexibility index (Phi) is 4.80. The minimum absolute atomic E-state index is 0.536. The maximum atomic E-state index is 5.35. The lowest BCUT2D eigenvalue weighted by Gasteiger charge is -2.13. The molecule has 0 aromatic carbocycles. The summed E-state index contributed by atoms with van der Waals surface area (Å²) in [6.45, 7) is 7.25. The van der Waals surface area contributed by atoms with E-state index in [1.54, 1.807) is 11.8 Å². The molecule has 1 heterocycles. The van der Waals surface area contributed by atoms with Crippen LogP contribution < -0.4 is 10.1 Å². The molecule has 0 saturated heterocycles. The summed E-state index contributed by atoms with van der Waals surface area (Å²) in [5.41, 5.74) is 2.20. The zero-order valence-corrected chi connectivity index (χ0v) is 11.0. The molecule has 0 bridgehead atoms. The van der Waals surface area contributed by atoms with E-state index in [1.807, 2.05) is 14.0 Å². The number of ether oxygens (including phenoxy) is 1. The largest absolute Gasteiger partial charge is 0.481 e. The van der Waals surface area contributed by atoms with Gasteiger partial charge in [-0.1, -0.05) is 13.3 Å². The van der Waals surface area contributed by atoms with Gasteiger partial charge in [0.15, 0.2) is 0 Å². The molecule has 0 aliphatic rings. The third-order valence-electron chi connectivity index (χ3n) is 2.83. The minimum atomic E-state index is 0.536. The molecule has 1 aromatic heterocycles. The number of hydrogen-bond acceptors (Lipinski definition) is 3. The third-order valence-corrected chi connectivity index (χ3v) is 2.83. The lowest BCUT2D eigenvalue weighted by atomic mass is 10.2. The fourth-order valence-electron chi connectivity index (χ4n) is 1.95. The predicted molar refractivity (Wildman–Crippen MR) is 65.7 cm³/mol. The third kappa shape index (κ3) is 2.98. The quantitative estimate of drug-likeness (QED) is 0.805. The number of nitrogens with one attached hydrogen (secondary N) is 1. The van der Waals surface area contributed by atoms with Crippen LogP contribution >= 0.6 is 0 Å². The molecule has 92 valence electrons. The highest BCUT2D eigenvalue weighted by Crippen LogP contribution is 2.20. The SMILES string of the molecule is CCCC(C)NCc1c(C)nn(C)c1OC. The Morgan fingerprint density at radius 1 is 1.50 bits per heavy atom. The van der Waals surface area contributed by atoms with Crippen LogP contribution in [0.3, 0.4) is 0 Å². The topological polar surface area (TPSA) is 39.1 Å². The van der Waals surface area contributed by atoms with Gasteiger partial charge in [-0.3, -0.25) is 0 Å². The second-order valence-corrected chi connectivity index (χ2v) is 4.27. The van der Waals surface area contributed by atoms with Crippen LogP contribution in [0.2, 0.25) is 0 Å². The van der Waals surface area contributed by atoms with Crippen LogP contribution in [-0.2, 0) is 13.6 Å². The first kappa shape index (κ1) is 13.0. The normalized spacial score (nSPS) is 12.8. The Bertz CT molecular complexity index is 333. The summed E-state index contributed by atoms with van der Waals surface area (Å²) in [6.07, 6.45) is 2.40. The second-order valence-electron chi connectivity index (χ2n) is 4.27. The van der Waals surface area contributed by atoms with Crippen LogP contribution in [0.15, 0.2) is 0 Å². The van der Waals surface area contributed by atoms with Crippen molar-refractivity contribution in [3.8, 4) is 5.88 Å². The maximum Gasteiger partial charge on any atom is 0.216 e. The van der Waals surface area contributed by atoms with Gasteiger partial charge < -0.3 is 10.1 Å². The van der Waals surface area contributed by atoms with Crippen molar-refractivity contribution in [1.29, 1.82) is 0 Å². The van der Waals surface area contributed by atoms with Crippen LogP contribution in [0.4, 0.5) is 0 Å². The smallest absolute Gasteiger partial charge is 0.216 e. The highest BCUT2D eigenvalue weighted by molar-refractivity contribution is 5.30. The van der Waals surface area contributed by atoms with E-state index in [9.17, 15) is 0 Å². The summed E-state index contributed by atoms with van der Waals surface area (Å²) >= 11 is 0. The molecule has 1 atom stereocenters. The van der Waals surface area contributed by atoms with Gasteiger partial charge in [0.2, 0.25) is 5.88 Å². The molecule has 0 saturated carbocycles. The molecule has 0 fully saturated rings. The van der Waals surface area contributed by atoms with Gasteiger partial charge in [0.1, 0.15) is 0 Å². The van der Waals surface area contributed by atoms with Crippen LogP contribution in [0.5, 0.6) is 5.88 Å². The lowest BCUT2D eigenvalue weighted by Crippen LogP contribution is -2.25. The van der Waals surface area contributed by atoms with E-state index in [-0.39, 0.29) is 0 Å². The maximum absolute atomic E-state index is 5.35. The summed E-state index contributed by atoms with van der Waals surface area (Å²) < 4.78 is 7.14. The number of rotatable bonds is 6. The van der Waals surface area contributed by atoms with Gasteiger partial charge in [-0.25, -0.2) is 4.68 Å². The first-order valence-corrected chi connectivity index (χ1v) is 5.90. The summed E-state index contributed by atoms with van der Waals surface area (Å²) in [5, 5.41) is 7.85. The van der Waals surface area contributed by atoms with Crippen molar-refractivity contribution in [1.82, 2.24) is 15.1 Å². The molecule has 1 unspecified atom stereocenters. The molecule has 16 heavy (non-hydrogen) atoms. The Balaban J connectivity index is 2.66. The van der Waals surface area contributed by atoms with E-state index in [1.165, 1.54) is 12.8 Å². The second kappa shape index (κ2) is 5.89. The average Bonchev–Trinajstić information content (AvgIpc) is 2.50. The molecular weight excluding hydrogens is 202 g/mol. The monoisotopic (exact) mass is 225 g/mol. The van der Waals surface area contributed by atoms with E-state index >= 15 is 0 Å². The van der Waals surface area contributed by atoms with E-state index in [2.05, 4.69) is 24.3 Å². The first-order chi connectivity index (χ1) is 7.60. The fourth-order valence-corrected chi connectivity index (χ4v) is 1.95. The van der Waals surface area contributed by atoms with Crippen LogP contribution in [-0.4, -0.2) is 22.9 Å². The zero-order valence-electron chi connectivity index (χ0n) is 11.0. The Hall–Kier alpha value is -1.03.